The summed E-state index contributed by atoms with van der Waals surface area (Å²) in [7, 11) is 0. The first-order valence-corrected chi connectivity index (χ1v) is 6.85. The number of carbonyl (C=O) groups is 1. The number of nitrogens with zero attached hydrogens (tertiary/aromatic N) is 2. The topological polar surface area (TPSA) is 76.2 Å². The van der Waals surface area contributed by atoms with Crippen LogP contribution in [0.3, 0.4) is 0 Å². The van der Waals surface area contributed by atoms with Gasteiger partial charge in [0.15, 0.2) is 0 Å². The minimum Gasteiger partial charge on any atom is -0.481 e. The standard InChI is InChI=1S/C13H12BrFN2O3/c14-9-7-8(5-6-10(9)15)13-16-11(20-17-13)3-1-2-4-12(18)19/h5-7H,1-4H2,(H,18,19). The second kappa shape index (κ2) is 6.60. The van der Waals surface area contributed by atoms with Crippen molar-refractivity contribution in [3.05, 3.63) is 34.4 Å². The largest absolute Gasteiger partial charge is 0.481 e. The molecule has 0 aliphatic heterocycles. The molecule has 2 rings (SSSR count). The number of hydrogen-bond donors (Lipinski definition) is 1. The van der Waals surface area contributed by atoms with Crippen molar-refractivity contribution < 1.29 is 18.8 Å². The van der Waals surface area contributed by atoms with Crippen molar-refractivity contribution in [1.29, 1.82) is 0 Å². The Morgan fingerprint density at radius 3 is 2.90 bits per heavy atom. The first kappa shape index (κ1) is 14.6. The van der Waals surface area contributed by atoms with Crippen molar-refractivity contribution in [2.45, 2.75) is 25.7 Å². The van der Waals surface area contributed by atoms with Crippen molar-refractivity contribution in [3.63, 3.8) is 0 Å². The average Bonchev–Trinajstić information content (AvgIpc) is 2.86. The van der Waals surface area contributed by atoms with Crippen LogP contribution in [0.1, 0.15) is 25.2 Å². The normalized spacial score (nSPS) is 10.7. The van der Waals surface area contributed by atoms with Crippen LogP contribution in [0.5, 0.6) is 0 Å². The molecule has 1 heterocycles. The summed E-state index contributed by atoms with van der Waals surface area (Å²) in [6.07, 6.45) is 1.89. The Labute approximate surface area is 122 Å². The lowest BCUT2D eigenvalue weighted by atomic mass is 10.2. The molecule has 0 bridgehead atoms. The van der Waals surface area contributed by atoms with E-state index in [9.17, 15) is 9.18 Å². The second-order valence-electron chi connectivity index (χ2n) is 4.24. The molecule has 0 radical (unpaired) electrons. The highest BCUT2D eigenvalue weighted by Gasteiger charge is 2.10. The number of halogens is 2. The number of carboxylic acids is 1. The molecule has 106 valence electrons. The van der Waals surface area contributed by atoms with E-state index in [0.717, 1.165) is 0 Å². The fraction of sp³-hybridized carbons (Fsp3) is 0.308. The second-order valence-corrected chi connectivity index (χ2v) is 5.10. The molecule has 0 saturated heterocycles. The van der Waals surface area contributed by atoms with Gasteiger partial charge in [-0.1, -0.05) is 5.16 Å². The Balaban J connectivity index is 1.97. The number of aromatic nitrogens is 2. The van der Waals surface area contributed by atoms with Crippen LogP contribution in [0.4, 0.5) is 4.39 Å². The van der Waals surface area contributed by atoms with Gasteiger partial charge in [0, 0.05) is 18.4 Å². The van der Waals surface area contributed by atoms with Crippen molar-refractivity contribution in [3.8, 4) is 11.4 Å². The van der Waals surface area contributed by atoms with E-state index in [0.29, 0.717) is 41.0 Å². The van der Waals surface area contributed by atoms with Gasteiger partial charge in [0.1, 0.15) is 5.82 Å². The zero-order valence-electron chi connectivity index (χ0n) is 10.5. The summed E-state index contributed by atoms with van der Waals surface area (Å²) in [6, 6.07) is 4.47. The minimum atomic E-state index is -0.813. The van der Waals surface area contributed by atoms with E-state index in [1.54, 1.807) is 12.1 Å². The number of unbranched alkanes of at least 4 members (excludes halogenated alkanes) is 1. The monoisotopic (exact) mass is 342 g/mol. The molecule has 1 aromatic heterocycles. The van der Waals surface area contributed by atoms with Crippen LogP contribution in [-0.4, -0.2) is 21.2 Å². The van der Waals surface area contributed by atoms with Crippen LogP contribution >= 0.6 is 15.9 Å². The molecule has 0 spiro atoms. The Morgan fingerprint density at radius 1 is 1.40 bits per heavy atom. The fourth-order valence-corrected chi connectivity index (χ4v) is 2.04. The predicted octanol–water partition coefficient (Wildman–Crippen LogP) is 3.44. The summed E-state index contributed by atoms with van der Waals surface area (Å²) in [5.41, 5.74) is 0.652. The predicted molar refractivity (Wildman–Crippen MR) is 72.6 cm³/mol. The van der Waals surface area contributed by atoms with Gasteiger partial charge >= 0.3 is 5.97 Å². The zero-order chi connectivity index (χ0) is 14.5. The lowest BCUT2D eigenvalue weighted by molar-refractivity contribution is -0.137. The van der Waals surface area contributed by atoms with Crippen LogP contribution in [0.2, 0.25) is 0 Å². The summed E-state index contributed by atoms with van der Waals surface area (Å²) in [5.74, 6) is -0.330. The fourth-order valence-electron chi connectivity index (χ4n) is 1.66. The molecule has 2 aromatic rings. The summed E-state index contributed by atoms with van der Waals surface area (Å²) in [5, 5.41) is 12.4. The van der Waals surface area contributed by atoms with Gasteiger partial charge in [-0.05, 0) is 47.0 Å². The Hall–Kier alpha value is -1.76. The van der Waals surface area contributed by atoms with Crippen molar-refractivity contribution in [1.82, 2.24) is 10.1 Å². The lowest BCUT2D eigenvalue weighted by Gasteiger charge is -1.96. The molecule has 0 atom stereocenters. The summed E-state index contributed by atoms with van der Waals surface area (Å²) >= 11 is 3.10. The number of rotatable bonds is 6. The first-order valence-electron chi connectivity index (χ1n) is 6.06. The molecule has 7 heteroatoms. The average molecular weight is 343 g/mol. The highest BCUT2D eigenvalue weighted by atomic mass is 79.9. The molecule has 0 fully saturated rings. The molecular weight excluding hydrogens is 331 g/mol. The van der Waals surface area contributed by atoms with Crippen LogP contribution in [0, 0.1) is 5.82 Å². The quantitative estimate of drug-likeness (QED) is 0.813. The molecule has 0 amide bonds. The van der Waals surface area contributed by atoms with E-state index in [4.69, 9.17) is 9.63 Å². The highest BCUT2D eigenvalue weighted by Crippen LogP contribution is 2.23. The molecule has 20 heavy (non-hydrogen) atoms. The molecule has 0 unspecified atom stereocenters. The third-order valence-electron chi connectivity index (χ3n) is 2.68. The molecule has 0 saturated carbocycles. The molecule has 0 aliphatic carbocycles. The molecule has 0 aliphatic rings. The molecule has 5 nitrogen and oxygen atoms in total. The summed E-state index contributed by atoms with van der Waals surface area (Å²) in [6.45, 7) is 0. The first-order chi connectivity index (χ1) is 9.56. The minimum absolute atomic E-state index is 0.131. The lowest BCUT2D eigenvalue weighted by Crippen LogP contribution is -1.95. The van der Waals surface area contributed by atoms with Crippen LogP contribution in [-0.2, 0) is 11.2 Å². The van der Waals surface area contributed by atoms with Crippen molar-refractivity contribution in [2.75, 3.05) is 0 Å². The van der Waals surface area contributed by atoms with E-state index in [-0.39, 0.29) is 12.2 Å². The van der Waals surface area contributed by atoms with Crippen LogP contribution in [0.15, 0.2) is 27.2 Å². The van der Waals surface area contributed by atoms with Gasteiger partial charge in [-0.3, -0.25) is 4.79 Å². The molecule has 1 N–H and O–H groups in total. The van der Waals surface area contributed by atoms with Gasteiger partial charge in [-0.15, -0.1) is 0 Å². The summed E-state index contributed by atoms with van der Waals surface area (Å²) in [4.78, 5) is 14.6. The smallest absolute Gasteiger partial charge is 0.303 e. The SMILES string of the molecule is O=C(O)CCCCc1nc(-c2ccc(F)c(Br)c2)no1. The van der Waals surface area contributed by atoms with Gasteiger partial charge in [-0.25, -0.2) is 4.39 Å². The summed E-state index contributed by atoms with van der Waals surface area (Å²) < 4.78 is 18.5. The van der Waals surface area contributed by atoms with Gasteiger partial charge in [0.25, 0.3) is 0 Å². The van der Waals surface area contributed by atoms with Crippen molar-refractivity contribution >= 4 is 21.9 Å². The maximum Gasteiger partial charge on any atom is 0.303 e. The van der Waals surface area contributed by atoms with Gasteiger partial charge in [0.05, 0.1) is 4.47 Å². The number of carboxylic acid groups (broad SMARTS) is 1. The van der Waals surface area contributed by atoms with Crippen LogP contribution in [0.25, 0.3) is 11.4 Å². The van der Waals surface area contributed by atoms with E-state index in [2.05, 4.69) is 26.1 Å². The third kappa shape index (κ3) is 3.86. The van der Waals surface area contributed by atoms with Crippen LogP contribution < -0.4 is 0 Å². The maximum atomic E-state index is 13.1. The number of benzene rings is 1. The molecule has 1 aromatic carbocycles. The zero-order valence-corrected chi connectivity index (χ0v) is 12.1. The van der Waals surface area contributed by atoms with E-state index < -0.39 is 5.97 Å². The molecular formula is C13H12BrFN2O3. The van der Waals surface area contributed by atoms with Gasteiger partial charge in [-0.2, -0.15) is 4.98 Å². The maximum absolute atomic E-state index is 13.1. The van der Waals surface area contributed by atoms with E-state index in [1.165, 1.54) is 6.07 Å². The van der Waals surface area contributed by atoms with E-state index in [1.807, 2.05) is 0 Å². The van der Waals surface area contributed by atoms with Crippen molar-refractivity contribution in [2.24, 2.45) is 0 Å². The Bertz CT molecular complexity index is 615. The Morgan fingerprint density at radius 2 is 2.20 bits per heavy atom. The third-order valence-corrected chi connectivity index (χ3v) is 3.28. The highest BCUT2D eigenvalue weighted by molar-refractivity contribution is 9.10. The van der Waals surface area contributed by atoms with Gasteiger partial charge in [0.2, 0.25) is 11.7 Å². The number of hydrogen-bond acceptors (Lipinski definition) is 4. The van der Waals surface area contributed by atoms with E-state index >= 15 is 0 Å². The number of aliphatic carboxylic acids is 1. The number of aryl methyl sites for hydroxylation is 1. The van der Waals surface area contributed by atoms with Gasteiger partial charge < -0.3 is 9.63 Å². The Kier molecular flexibility index (Phi) is 4.84.